The van der Waals surface area contributed by atoms with Crippen molar-refractivity contribution in [1.82, 2.24) is 25.0 Å². The Labute approximate surface area is 276 Å². The third kappa shape index (κ3) is 8.83. The number of nitrogens with zero attached hydrogens (tertiary/aromatic N) is 5. The number of likely N-dealkylation sites (tertiary alicyclic amines) is 1. The molecule has 0 spiro atoms. The number of aromatic nitrogens is 1. The van der Waals surface area contributed by atoms with Crippen LogP contribution in [-0.2, 0) is 22.5 Å². The van der Waals surface area contributed by atoms with Gasteiger partial charge in [0.15, 0.2) is 0 Å². The minimum absolute atomic E-state index is 0.0748. The largest absolute Gasteiger partial charge is 0.508 e. The average molecular weight is 652 g/mol. The second kappa shape index (κ2) is 14.3. The van der Waals surface area contributed by atoms with E-state index in [1.165, 1.54) is 4.90 Å². The molecule has 2 saturated heterocycles. The Morgan fingerprint density at radius 3 is 2.38 bits per heavy atom. The predicted molar refractivity (Wildman–Crippen MR) is 179 cm³/mol. The number of phenols is 1. The van der Waals surface area contributed by atoms with Gasteiger partial charge in [0, 0.05) is 70.9 Å². The molecule has 4 heterocycles. The maximum absolute atomic E-state index is 13.6. The van der Waals surface area contributed by atoms with Crippen LogP contribution in [0.25, 0.3) is 0 Å². The van der Waals surface area contributed by atoms with Crippen LogP contribution in [0.15, 0.2) is 30.3 Å². The van der Waals surface area contributed by atoms with Gasteiger partial charge in [0.25, 0.3) is 5.91 Å². The maximum atomic E-state index is 13.6. The van der Waals surface area contributed by atoms with E-state index in [4.69, 9.17) is 9.72 Å². The molecule has 3 amide bonds. The normalized spacial score (nSPS) is 20.0. The molecule has 13 nitrogen and oxygen atoms in total. The van der Waals surface area contributed by atoms with Crippen molar-refractivity contribution in [3.63, 3.8) is 0 Å². The summed E-state index contributed by atoms with van der Waals surface area (Å²) in [5.74, 6) is 1.12. The molecule has 0 unspecified atom stereocenters. The van der Waals surface area contributed by atoms with Gasteiger partial charge in [-0.25, -0.2) is 9.78 Å². The molecular weight excluding hydrogens is 602 g/mol. The summed E-state index contributed by atoms with van der Waals surface area (Å²) in [4.78, 5) is 51.3. The number of ether oxygens (including phenoxy) is 1. The molecule has 0 radical (unpaired) electrons. The van der Waals surface area contributed by atoms with E-state index in [0.29, 0.717) is 36.7 Å². The summed E-state index contributed by atoms with van der Waals surface area (Å²) in [6, 6.07) is 7.99. The zero-order valence-electron chi connectivity index (χ0n) is 28.2. The van der Waals surface area contributed by atoms with Gasteiger partial charge in [-0.3, -0.25) is 14.5 Å². The van der Waals surface area contributed by atoms with Gasteiger partial charge < -0.3 is 40.3 Å². The number of amides is 3. The number of carbonyl (C=O) groups excluding carboxylic acids is 3. The molecule has 256 valence electrons. The highest BCUT2D eigenvalue weighted by atomic mass is 16.6. The van der Waals surface area contributed by atoms with Crippen LogP contribution < -0.4 is 15.5 Å². The number of fused-ring (bicyclic) bond motifs is 1. The minimum Gasteiger partial charge on any atom is -0.508 e. The van der Waals surface area contributed by atoms with Crippen molar-refractivity contribution in [2.75, 3.05) is 63.1 Å². The molecule has 5 rings (SSSR count). The number of piperazine rings is 1. The van der Waals surface area contributed by atoms with E-state index >= 15 is 0 Å². The van der Waals surface area contributed by atoms with E-state index in [9.17, 15) is 24.6 Å². The van der Waals surface area contributed by atoms with Crippen LogP contribution in [0.2, 0.25) is 0 Å². The second-order valence-electron chi connectivity index (χ2n) is 13.9. The van der Waals surface area contributed by atoms with Crippen molar-refractivity contribution in [3.05, 3.63) is 47.0 Å². The Kier molecular flexibility index (Phi) is 10.5. The lowest BCUT2D eigenvalue weighted by Gasteiger charge is -2.40. The van der Waals surface area contributed by atoms with Crippen molar-refractivity contribution in [2.24, 2.45) is 0 Å². The van der Waals surface area contributed by atoms with Crippen LogP contribution in [0.4, 0.5) is 16.4 Å². The number of aromatic hydroxyl groups is 1. The average Bonchev–Trinajstić information content (AvgIpc) is 3.02. The first-order valence-electron chi connectivity index (χ1n) is 16.5. The van der Waals surface area contributed by atoms with E-state index < -0.39 is 23.8 Å². The van der Waals surface area contributed by atoms with Gasteiger partial charge in [0.2, 0.25) is 5.91 Å². The van der Waals surface area contributed by atoms with Gasteiger partial charge in [0.05, 0.1) is 12.1 Å². The Morgan fingerprint density at radius 2 is 1.72 bits per heavy atom. The number of hydrogen-bond acceptors (Lipinski definition) is 10. The maximum Gasteiger partial charge on any atom is 0.410 e. The van der Waals surface area contributed by atoms with Gasteiger partial charge in [-0.1, -0.05) is 6.07 Å². The molecule has 1 aromatic carbocycles. The highest BCUT2D eigenvalue weighted by Gasteiger charge is 2.37. The van der Waals surface area contributed by atoms with E-state index in [1.807, 2.05) is 4.90 Å². The lowest BCUT2D eigenvalue weighted by molar-refractivity contribution is -0.129. The van der Waals surface area contributed by atoms with Gasteiger partial charge in [-0.15, -0.1) is 0 Å². The Bertz CT molecular complexity index is 1450. The number of hydrogen-bond donors (Lipinski definition) is 4. The SMILES string of the molecule is CC(=O)N1CCC(Nc2cc(C(=O)NC[C@@H](O)[C@@H]3Cc4ccc(O)cc4CN3C(=O)OC(C)(C)C)cc(N3CCN(C)CC3)n2)CC1. The zero-order valence-corrected chi connectivity index (χ0v) is 28.2. The lowest BCUT2D eigenvalue weighted by atomic mass is 9.91. The molecule has 13 heteroatoms. The number of aliphatic hydroxyl groups excluding tert-OH is 1. The molecule has 47 heavy (non-hydrogen) atoms. The van der Waals surface area contributed by atoms with Crippen LogP contribution in [-0.4, -0.2) is 124 Å². The Balaban J connectivity index is 1.31. The third-order valence-corrected chi connectivity index (χ3v) is 9.10. The second-order valence-corrected chi connectivity index (χ2v) is 13.9. The van der Waals surface area contributed by atoms with E-state index in [1.54, 1.807) is 58.0 Å². The fourth-order valence-corrected chi connectivity index (χ4v) is 6.36. The summed E-state index contributed by atoms with van der Waals surface area (Å²) in [5.41, 5.74) is 1.37. The number of anilines is 2. The summed E-state index contributed by atoms with van der Waals surface area (Å²) >= 11 is 0. The number of carbonyl (C=O) groups is 3. The molecule has 3 aliphatic heterocycles. The zero-order chi connectivity index (χ0) is 33.9. The number of aliphatic hydroxyl groups is 1. The minimum atomic E-state index is -1.09. The molecule has 2 aromatic rings. The van der Waals surface area contributed by atoms with Gasteiger partial charge in [0.1, 0.15) is 23.0 Å². The van der Waals surface area contributed by atoms with Crippen molar-refractivity contribution in [2.45, 2.75) is 77.3 Å². The summed E-state index contributed by atoms with van der Waals surface area (Å²) in [5, 5.41) is 27.8. The predicted octanol–water partition coefficient (Wildman–Crippen LogP) is 2.41. The molecule has 3 aliphatic rings. The number of piperidine rings is 1. The summed E-state index contributed by atoms with van der Waals surface area (Å²) in [6.07, 6.45) is 0.248. The monoisotopic (exact) mass is 651 g/mol. The smallest absolute Gasteiger partial charge is 0.410 e. The summed E-state index contributed by atoms with van der Waals surface area (Å²) in [6.45, 7) is 11.7. The summed E-state index contributed by atoms with van der Waals surface area (Å²) < 4.78 is 5.65. The molecule has 2 atom stereocenters. The Morgan fingerprint density at radius 1 is 1.02 bits per heavy atom. The molecule has 1 aromatic heterocycles. The van der Waals surface area contributed by atoms with Crippen LogP contribution >= 0.6 is 0 Å². The van der Waals surface area contributed by atoms with Crippen LogP contribution in [0.1, 0.15) is 62.0 Å². The van der Waals surface area contributed by atoms with Crippen LogP contribution in [0, 0.1) is 0 Å². The fourth-order valence-electron chi connectivity index (χ4n) is 6.36. The Hall–Kier alpha value is -4.10. The van der Waals surface area contributed by atoms with E-state index in [-0.39, 0.29) is 36.7 Å². The van der Waals surface area contributed by atoms with Gasteiger partial charge in [-0.2, -0.15) is 0 Å². The molecule has 0 saturated carbocycles. The topological polar surface area (TPSA) is 151 Å². The van der Waals surface area contributed by atoms with Crippen molar-refractivity contribution >= 4 is 29.5 Å². The molecular formula is C34H49N7O6. The first-order chi connectivity index (χ1) is 22.3. The highest BCUT2D eigenvalue weighted by Crippen LogP contribution is 2.30. The quantitative estimate of drug-likeness (QED) is 0.352. The number of nitrogens with one attached hydrogen (secondary N) is 2. The first-order valence-corrected chi connectivity index (χ1v) is 16.5. The molecule has 0 bridgehead atoms. The van der Waals surface area contributed by atoms with Crippen molar-refractivity contribution < 1.29 is 29.3 Å². The number of rotatable bonds is 7. The molecule has 2 fully saturated rings. The van der Waals surface area contributed by atoms with Crippen LogP contribution in [0.3, 0.4) is 0 Å². The lowest BCUT2D eigenvalue weighted by Crippen LogP contribution is -2.54. The van der Waals surface area contributed by atoms with E-state index in [2.05, 4.69) is 27.5 Å². The highest BCUT2D eigenvalue weighted by molar-refractivity contribution is 5.95. The third-order valence-electron chi connectivity index (χ3n) is 9.10. The fraction of sp³-hybridized carbons (Fsp3) is 0.588. The number of phenolic OH excluding ortho intramolecular Hbond substituents is 1. The molecule has 4 N–H and O–H groups in total. The van der Waals surface area contributed by atoms with Crippen LogP contribution in [0.5, 0.6) is 5.75 Å². The van der Waals surface area contributed by atoms with Crippen molar-refractivity contribution in [3.8, 4) is 5.75 Å². The first kappa shape index (κ1) is 34.2. The number of pyridine rings is 1. The number of likely N-dealkylation sites (N-methyl/N-ethyl adjacent to an activating group) is 1. The molecule has 0 aliphatic carbocycles. The van der Waals surface area contributed by atoms with Crippen molar-refractivity contribution in [1.29, 1.82) is 0 Å². The van der Waals surface area contributed by atoms with Gasteiger partial charge >= 0.3 is 6.09 Å². The number of benzene rings is 1. The van der Waals surface area contributed by atoms with E-state index in [0.717, 1.165) is 50.1 Å². The van der Waals surface area contributed by atoms with Gasteiger partial charge in [-0.05, 0) is 82.5 Å². The summed E-state index contributed by atoms with van der Waals surface area (Å²) in [7, 11) is 2.08. The standard InChI is InChI=1S/C34H49N7O6/c1-22(42)39-10-8-26(9-11-39)36-30-18-24(19-31(37-30)40-14-12-38(5)13-15-40)32(45)35-20-29(44)28-17-23-6-7-27(43)16-25(23)21-41(28)33(46)47-34(2,3)4/h6-7,16,18-19,26,28-29,43-44H,8-15,17,20-21H2,1-5H3,(H,35,45)(H,36,37)/t28-,29+/m0/s1.